The van der Waals surface area contributed by atoms with E-state index in [4.69, 9.17) is 9.47 Å². The lowest BCUT2D eigenvalue weighted by molar-refractivity contribution is -0.272. The summed E-state index contributed by atoms with van der Waals surface area (Å²) in [5.74, 6) is -0.794. The van der Waals surface area contributed by atoms with Crippen LogP contribution in [0.25, 0.3) is 0 Å². The van der Waals surface area contributed by atoms with E-state index in [9.17, 15) is 13.2 Å². The van der Waals surface area contributed by atoms with E-state index in [-0.39, 0.29) is 40.7 Å². The van der Waals surface area contributed by atoms with Crippen molar-refractivity contribution in [3.05, 3.63) is 0 Å². The summed E-state index contributed by atoms with van der Waals surface area (Å²) in [5.41, 5.74) is -0.292. The van der Waals surface area contributed by atoms with Gasteiger partial charge in [-0.05, 0) is 44.4 Å². The number of rotatable bonds is 1. The molecule has 5 aliphatic rings. The van der Waals surface area contributed by atoms with Crippen molar-refractivity contribution < 1.29 is 22.7 Å². The van der Waals surface area contributed by atoms with Crippen molar-refractivity contribution in [2.45, 2.75) is 83.8 Å². The third kappa shape index (κ3) is 1.95. The summed E-state index contributed by atoms with van der Waals surface area (Å²) in [5, 5.41) is 0. The van der Waals surface area contributed by atoms with E-state index in [0.29, 0.717) is 18.8 Å². The van der Waals surface area contributed by atoms with Gasteiger partial charge in [-0.25, -0.2) is 12.7 Å². The molecule has 4 bridgehead atoms. The molecule has 1 unspecified atom stereocenters. The Bertz CT molecular complexity index is 779. The molecule has 0 radical (unpaired) electrons. The summed E-state index contributed by atoms with van der Waals surface area (Å²) < 4.78 is 39.4. The van der Waals surface area contributed by atoms with Gasteiger partial charge in [-0.3, -0.25) is 4.79 Å². The summed E-state index contributed by atoms with van der Waals surface area (Å²) >= 11 is 0. The number of hydrogen-bond acceptors (Lipinski definition) is 5. The number of sulfonamides is 1. The van der Waals surface area contributed by atoms with E-state index in [2.05, 4.69) is 13.8 Å². The minimum atomic E-state index is -3.57. The number of ether oxygens (including phenoxy) is 2. The standard InChI is InChI=1S/C19H29NO5S/c1-11-7-14-13(9-18(4,24-11)25-14)16(21)20-15-8-12-5-6-19(15,17(12,2)3)10-26(20,22)23/h11-15H,5-10H2,1-4H3/t11-,12?,13+,14-,15+,18-,19+/m0/s1. The second kappa shape index (κ2) is 4.84. The molecule has 0 N–H and O–H groups in total. The maximum absolute atomic E-state index is 13.5. The predicted molar refractivity (Wildman–Crippen MR) is 94.5 cm³/mol. The molecule has 3 heterocycles. The SMILES string of the molecule is C[C@H]1C[C@@H]2O[C@@](C)(C[C@H]2C(=O)N2[C@@H]3CC4CC[C@]3(CS2(=O)=O)C4(C)C)O1. The molecule has 2 aliphatic carbocycles. The molecule has 5 rings (SSSR count). The van der Waals surface area contributed by atoms with Crippen molar-refractivity contribution in [1.82, 2.24) is 4.31 Å². The van der Waals surface area contributed by atoms with Crippen molar-refractivity contribution in [3.8, 4) is 0 Å². The number of hydrogen-bond donors (Lipinski definition) is 0. The fourth-order valence-corrected chi connectivity index (χ4v) is 9.64. The molecule has 146 valence electrons. The lowest BCUT2D eigenvalue weighted by Gasteiger charge is -2.37. The molecular formula is C19H29NO5S. The minimum Gasteiger partial charge on any atom is -0.347 e. The monoisotopic (exact) mass is 383 g/mol. The topological polar surface area (TPSA) is 72.9 Å². The normalized spacial score (nSPS) is 53.1. The first-order chi connectivity index (χ1) is 12.0. The van der Waals surface area contributed by atoms with Crippen LogP contribution in [0.15, 0.2) is 0 Å². The van der Waals surface area contributed by atoms with E-state index < -0.39 is 21.7 Å². The van der Waals surface area contributed by atoms with Crippen LogP contribution in [-0.2, 0) is 24.3 Å². The molecule has 1 spiro atoms. The number of amides is 1. The van der Waals surface area contributed by atoms with Crippen LogP contribution in [0.2, 0.25) is 0 Å². The van der Waals surface area contributed by atoms with Gasteiger partial charge in [0.1, 0.15) is 0 Å². The van der Waals surface area contributed by atoms with Gasteiger partial charge in [0.05, 0.1) is 29.9 Å². The van der Waals surface area contributed by atoms with Crippen LogP contribution in [-0.4, -0.2) is 48.4 Å². The number of carbonyl (C=O) groups excluding carboxylic acids is 1. The van der Waals surface area contributed by atoms with Crippen LogP contribution in [0.1, 0.15) is 59.8 Å². The molecule has 0 aromatic heterocycles. The molecule has 0 aromatic rings. The van der Waals surface area contributed by atoms with Gasteiger partial charge >= 0.3 is 0 Å². The number of carbonyl (C=O) groups is 1. The fraction of sp³-hybridized carbons (Fsp3) is 0.947. The molecule has 2 saturated carbocycles. The summed E-state index contributed by atoms with van der Waals surface area (Å²) in [6, 6.07) is -0.166. The second-order valence-corrected chi connectivity index (χ2v) is 11.9. The minimum absolute atomic E-state index is 0.0224. The molecule has 1 amide bonds. The van der Waals surface area contributed by atoms with Gasteiger partial charge in [-0.1, -0.05) is 13.8 Å². The van der Waals surface area contributed by atoms with Crippen molar-refractivity contribution in [2.24, 2.45) is 22.7 Å². The van der Waals surface area contributed by atoms with Crippen molar-refractivity contribution in [1.29, 1.82) is 0 Å². The number of nitrogens with zero attached hydrogens (tertiary/aromatic N) is 1. The molecule has 3 aliphatic heterocycles. The Morgan fingerprint density at radius 2 is 1.88 bits per heavy atom. The quantitative estimate of drug-likeness (QED) is 0.695. The highest BCUT2D eigenvalue weighted by Gasteiger charge is 2.73. The molecule has 3 saturated heterocycles. The Balaban J connectivity index is 1.50. The Morgan fingerprint density at radius 3 is 2.58 bits per heavy atom. The predicted octanol–water partition coefficient (Wildman–Crippen LogP) is 2.28. The largest absolute Gasteiger partial charge is 0.347 e. The zero-order chi connectivity index (χ0) is 18.7. The van der Waals surface area contributed by atoms with Gasteiger partial charge in [0.15, 0.2) is 5.79 Å². The van der Waals surface area contributed by atoms with Crippen molar-refractivity contribution in [3.63, 3.8) is 0 Å². The smallest absolute Gasteiger partial charge is 0.242 e. The van der Waals surface area contributed by atoms with Crippen LogP contribution in [0.4, 0.5) is 0 Å². The highest BCUT2D eigenvalue weighted by Crippen LogP contribution is 2.70. The van der Waals surface area contributed by atoms with Gasteiger partial charge < -0.3 is 9.47 Å². The van der Waals surface area contributed by atoms with Crippen LogP contribution in [0.5, 0.6) is 0 Å². The van der Waals surface area contributed by atoms with Crippen LogP contribution >= 0.6 is 0 Å². The van der Waals surface area contributed by atoms with Gasteiger partial charge in [0.2, 0.25) is 15.9 Å². The average molecular weight is 384 g/mol. The Hall–Kier alpha value is -0.660. The zero-order valence-corrected chi connectivity index (χ0v) is 16.8. The summed E-state index contributed by atoms with van der Waals surface area (Å²) in [7, 11) is -3.57. The highest BCUT2D eigenvalue weighted by molar-refractivity contribution is 7.90. The van der Waals surface area contributed by atoms with E-state index in [1.807, 2.05) is 13.8 Å². The summed E-state index contributed by atoms with van der Waals surface area (Å²) in [6.45, 7) is 8.26. The third-order valence-electron chi connectivity index (χ3n) is 8.40. The fourth-order valence-electron chi connectivity index (χ4n) is 7.06. The maximum atomic E-state index is 13.5. The molecule has 0 aromatic carbocycles. The van der Waals surface area contributed by atoms with Gasteiger partial charge in [-0.2, -0.15) is 0 Å². The first-order valence-electron chi connectivity index (χ1n) is 9.91. The molecule has 7 heteroatoms. The lowest BCUT2D eigenvalue weighted by Crippen LogP contribution is -2.47. The van der Waals surface area contributed by atoms with Crippen LogP contribution in [0, 0.1) is 22.7 Å². The van der Waals surface area contributed by atoms with Gasteiger partial charge in [-0.15, -0.1) is 0 Å². The average Bonchev–Trinajstić information content (AvgIpc) is 3.07. The van der Waals surface area contributed by atoms with Crippen LogP contribution < -0.4 is 0 Å². The van der Waals surface area contributed by atoms with E-state index >= 15 is 0 Å². The Labute approximate surface area is 155 Å². The molecule has 7 atom stereocenters. The first kappa shape index (κ1) is 17.4. The van der Waals surface area contributed by atoms with Crippen LogP contribution in [0.3, 0.4) is 0 Å². The highest BCUT2D eigenvalue weighted by atomic mass is 32.2. The Kier molecular flexibility index (Phi) is 3.25. The molecule has 5 fully saturated rings. The van der Waals surface area contributed by atoms with E-state index in [1.54, 1.807) is 0 Å². The molecule has 6 nitrogen and oxygen atoms in total. The number of fused-ring (bicyclic) bond motifs is 3. The second-order valence-electron chi connectivity index (χ2n) is 10.0. The molecule has 26 heavy (non-hydrogen) atoms. The first-order valence-corrected chi connectivity index (χ1v) is 11.5. The van der Waals surface area contributed by atoms with E-state index in [0.717, 1.165) is 19.3 Å². The molecular weight excluding hydrogens is 354 g/mol. The summed E-state index contributed by atoms with van der Waals surface area (Å²) in [4.78, 5) is 13.5. The third-order valence-corrected chi connectivity index (χ3v) is 10.3. The maximum Gasteiger partial charge on any atom is 0.242 e. The lowest BCUT2D eigenvalue weighted by atomic mass is 9.69. The van der Waals surface area contributed by atoms with Crippen molar-refractivity contribution in [2.75, 3.05) is 5.75 Å². The summed E-state index contributed by atoms with van der Waals surface area (Å²) in [6.07, 6.45) is 3.69. The van der Waals surface area contributed by atoms with Gasteiger partial charge in [0.25, 0.3) is 0 Å². The van der Waals surface area contributed by atoms with Crippen molar-refractivity contribution >= 4 is 15.9 Å². The van der Waals surface area contributed by atoms with E-state index in [1.165, 1.54) is 4.31 Å². The van der Waals surface area contributed by atoms with Gasteiger partial charge in [0, 0.05) is 18.3 Å². The Morgan fingerprint density at radius 1 is 1.15 bits per heavy atom. The zero-order valence-electron chi connectivity index (χ0n) is 16.0.